The zero-order valence-corrected chi connectivity index (χ0v) is 30.5. The van der Waals surface area contributed by atoms with Crippen LogP contribution in [0.4, 0.5) is 34.3 Å². The Kier molecular flexibility index (Phi) is 5.81. The molecule has 7 aromatic carbocycles. The highest BCUT2D eigenvalue weighted by atomic mass is 15.6. The summed E-state index contributed by atoms with van der Waals surface area (Å²) in [6, 6.07) is 68.1. The molecule has 2 aliphatic carbocycles. The highest BCUT2D eigenvalue weighted by molar-refractivity contribution is 5.94. The molecule has 4 heterocycles. The van der Waals surface area contributed by atoms with E-state index < -0.39 is 11.1 Å². The monoisotopic (exact) mass is 717 g/mol. The fourth-order valence-corrected chi connectivity index (χ4v) is 11.0. The zero-order chi connectivity index (χ0) is 36.6. The minimum absolute atomic E-state index is 0.542. The largest absolute Gasteiger partial charge is 0.321 e. The lowest BCUT2D eigenvalue weighted by Gasteiger charge is -2.49. The molecule has 264 valence electrons. The summed E-state index contributed by atoms with van der Waals surface area (Å²) in [6.45, 7) is 1.27. The summed E-state index contributed by atoms with van der Waals surface area (Å²) in [7, 11) is 0. The van der Waals surface area contributed by atoms with Gasteiger partial charge in [-0.3, -0.25) is 0 Å². The zero-order valence-electron chi connectivity index (χ0n) is 30.5. The van der Waals surface area contributed by atoms with E-state index in [1.807, 2.05) is 6.20 Å². The molecule has 3 aliphatic heterocycles. The van der Waals surface area contributed by atoms with E-state index in [-0.39, 0.29) is 0 Å². The summed E-state index contributed by atoms with van der Waals surface area (Å²) in [5.41, 5.74) is 17.4. The van der Waals surface area contributed by atoms with E-state index in [4.69, 9.17) is 4.98 Å². The Morgan fingerprint density at radius 3 is 1.48 bits per heavy atom. The highest BCUT2D eigenvalue weighted by Crippen LogP contribution is 2.62. The standard InChI is InChI=1S/C51H35N5/c1-5-22-42-38(18-1)39-19-2-6-23-43(39)50(42)34-14-11-16-36(30-34)53-32-55(47-27-10-9-26-46(47)53)51(44-24-7-3-20-40(44)41-21-4-8-25-45(41)51)56-33-54(37-17-12-15-35(50)31-37)49-48(56)28-13-29-52-49/h1-31H,32-33H2. The molecular weight excluding hydrogens is 683 g/mol. The summed E-state index contributed by atoms with van der Waals surface area (Å²) in [5.74, 6) is 0.965. The Morgan fingerprint density at radius 2 is 0.857 bits per heavy atom. The second-order valence-corrected chi connectivity index (χ2v) is 15.5. The number of fused-ring (bicyclic) bond motifs is 30. The molecule has 56 heavy (non-hydrogen) atoms. The summed E-state index contributed by atoms with van der Waals surface area (Å²) >= 11 is 0. The fraction of sp³-hybridized carbons (Fsp3) is 0.0784. The average Bonchev–Trinajstić information content (AvgIpc) is 4.01. The van der Waals surface area contributed by atoms with E-state index >= 15 is 0 Å². The first-order valence-corrected chi connectivity index (χ1v) is 19.5. The van der Waals surface area contributed by atoms with Crippen LogP contribution in [-0.4, -0.2) is 18.3 Å². The van der Waals surface area contributed by atoms with Crippen LogP contribution in [0.5, 0.6) is 0 Å². The minimum atomic E-state index is -0.686. The summed E-state index contributed by atoms with van der Waals surface area (Å²) in [4.78, 5) is 15.5. The van der Waals surface area contributed by atoms with Gasteiger partial charge in [0.15, 0.2) is 11.5 Å². The van der Waals surface area contributed by atoms with Crippen LogP contribution in [0, 0.1) is 0 Å². The smallest absolute Gasteiger partial charge is 0.170 e. The SMILES string of the molecule is c1cc2cc(c1)C1(c3cccc(c3)N3CN(c4cccnc43)C3(c4ccccc4-c4ccccc43)N3CN2c2ccccc23)c2ccccc2-c2ccccc21. The average molecular weight is 718 g/mol. The number of aromatic nitrogens is 1. The van der Waals surface area contributed by atoms with Crippen LogP contribution in [-0.2, 0) is 11.1 Å². The third kappa shape index (κ3) is 3.55. The van der Waals surface area contributed by atoms with Crippen molar-refractivity contribution in [3.05, 3.63) is 222 Å². The summed E-state index contributed by atoms with van der Waals surface area (Å²) < 4.78 is 0. The number of nitrogens with zero attached hydrogens (tertiary/aromatic N) is 5. The molecule has 0 saturated carbocycles. The quantitative estimate of drug-likeness (QED) is 0.156. The maximum atomic E-state index is 5.19. The second-order valence-electron chi connectivity index (χ2n) is 15.5. The van der Waals surface area contributed by atoms with E-state index in [1.54, 1.807) is 0 Å². The number of rotatable bonds is 0. The topological polar surface area (TPSA) is 25.9 Å². The predicted octanol–water partition coefficient (Wildman–Crippen LogP) is 11.2. The molecule has 0 amide bonds. The number of para-hydroxylation sites is 2. The van der Waals surface area contributed by atoms with Crippen LogP contribution in [0.1, 0.15) is 33.4 Å². The van der Waals surface area contributed by atoms with Gasteiger partial charge >= 0.3 is 0 Å². The Balaban J connectivity index is 1.17. The molecule has 0 fully saturated rings. The first-order chi connectivity index (χ1) is 27.8. The fourth-order valence-electron chi connectivity index (χ4n) is 11.0. The van der Waals surface area contributed by atoms with E-state index in [0.29, 0.717) is 13.3 Å². The van der Waals surface area contributed by atoms with Crippen LogP contribution in [0.25, 0.3) is 22.3 Å². The van der Waals surface area contributed by atoms with Crippen molar-refractivity contribution in [2.24, 2.45) is 0 Å². The summed E-state index contributed by atoms with van der Waals surface area (Å²) in [6.07, 6.45) is 1.94. The number of hydrogen-bond acceptors (Lipinski definition) is 5. The van der Waals surface area contributed by atoms with Gasteiger partial charge in [-0.05, 0) is 93.0 Å². The van der Waals surface area contributed by atoms with E-state index in [0.717, 1.165) is 17.2 Å². The van der Waals surface area contributed by atoms with Crippen molar-refractivity contribution in [2.75, 3.05) is 32.9 Å². The Hall–Kier alpha value is -7.11. The number of hydrogen-bond donors (Lipinski definition) is 0. The van der Waals surface area contributed by atoms with Gasteiger partial charge in [-0.1, -0.05) is 133 Å². The molecule has 2 spiro atoms. The molecule has 8 bridgehead atoms. The van der Waals surface area contributed by atoms with Crippen molar-refractivity contribution in [1.29, 1.82) is 0 Å². The molecule has 5 nitrogen and oxygen atoms in total. The Bertz CT molecular complexity index is 2750. The molecule has 0 unspecified atom stereocenters. The van der Waals surface area contributed by atoms with Crippen molar-refractivity contribution in [1.82, 2.24) is 4.98 Å². The normalized spacial score (nSPS) is 16.6. The van der Waals surface area contributed by atoms with Gasteiger partial charge in [0, 0.05) is 28.7 Å². The molecule has 8 aromatic rings. The lowest BCUT2D eigenvalue weighted by atomic mass is 9.67. The molecule has 0 saturated heterocycles. The molecule has 0 N–H and O–H groups in total. The molecule has 0 atom stereocenters. The van der Waals surface area contributed by atoms with Gasteiger partial charge in [-0.15, -0.1) is 0 Å². The van der Waals surface area contributed by atoms with Crippen molar-refractivity contribution >= 4 is 34.3 Å². The Labute approximate surface area is 326 Å². The summed E-state index contributed by atoms with van der Waals surface area (Å²) in [5, 5.41) is 0. The lowest BCUT2D eigenvalue weighted by Crippen LogP contribution is -2.59. The van der Waals surface area contributed by atoms with Gasteiger partial charge in [0.05, 0.1) is 35.8 Å². The number of benzene rings is 7. The molecule has 5 aliphatic rings. The van der Waals surface area contributed by atoms with Crippen molar-refractivity contribution in [3.8, 4) is 22.3 Å². The molecule has 1 aromatic heterocycles. The molecule has 13 rings (SSSR count). The predicted molar refractivity (Wildman–Crippen MR) is 226 cm³/mol. The third-order valence-corrected chi connectivity index (χ3v) is 13.2. The van der Waals surface area contributed by atoms with E-state index in [2.05, 4.69) is 202 Å². The number of anilines is 6. The van der Waals surface area contributed by atoms with Crippen molar-refractivity contribution in [2.45, 2.75) is 11.1 Å². The van der Waals surface area contributed by atoms with Crippen LogP contribution in [0.3, 0.4) is 0 Å². The molecule has 5 heteroatoms. The lowest BCUT2D eigenvalue weighted by molar-refractivity contribution is 0.472. The highest BCUT2D eigenvalue weighted by Gasteiger charge is 2.57. The van der Waals surface area contributed by atoms with E-state index in [9.17, 15) is 0 Å². The van der Waals surface area contributed by atoms with Gasteiger partial charge < -0.3 is 19.6 Å². The minimum Gasteiger partial charge on any atom is -0.321 e. The van der Waals surface area contributed by atoms with Crippen LogP contribution in [0.15, 0.2) is 188 Å². The van der Waals surface area contributed by atoms with Gasteiger partial charge in [0.2, 0.25) is 0 Å². The van der Waals surface area contributed by atoms with Crippen molar-refractivity contribution in [3.63, 3.8) is 0 Å². The van der Waals surface area contributed by atoms with Gasteiger partial charge in [-0.25, -0.2) is 4.98 Å². The number of pyridine rings is 1. The third-order valence-electron chi connectivity index (χ3n) is 13.2. The maximum absolute atomic E-state index is 5.19. The van der Waals surface area contributed by atoms with Crippen LogP contribution >= 0.6 is 0 Å². The first-order valence-electron chi connectivity index (χ1n) is 19.5. The molecule has 0 radical (unpaired) electrons. The van der Waals surface area contributed by atoms with Gasteiger partial charge in [0.1, 0.15) is 0 Å². The Morgan fingerprint density at radius 1 is 0.393 bits per heavy atom. The maximum Gasteiger partial charge on any atom is 0.170 e. The second kappa shape index (κ2) is 10.8. The van der Waals surface area contributed by atoms with Crippen LogP contribution < -0.4 is 19.6 Å². The first kappa shape index (κ1) is 30.2. The molecular formula is C51H35N5. The van der Waals surface area contributed by atoms with E-state index in [1.165, 1.54) is 72.7 Å². The van der Waals surface area contributed by atoms with Gasteiger partial charge in [0.25, 0.3) is 0 Å². The van der Waals surface area contributed by atoms with Crippen molar-refractivity contribution < 1.29 is 0 Å². The van der Waals surface area contributed by atoms with Crippen LogP contribution in [0.2, 0.25) is 0 Å². The van der Waals surface area contributed by atoms with Gasteiger partial charge in [-0.2, -0.15) is 0 Å².